The number of hydrogen-bond acceptors (Lipinski definition) is 2. The highest BCUT2D eigenvalue weighted by molar-refractivity contribution is 9.10. The Labute approximate surface area is 102 Å². The first-order chi connectivity index (χ1) is 7.02. The monoisotopic (exact) mass is 290 g/mol. The standard InChI is InChI=1S/C10H12BrClN2O/c1-6(10(13)15)5-14-8-4-2-3-7(12)9(8)11/h2-4,6,14H,5H2,1H3,(H2,13,15). The number of halogens is 2. The number of benzene rings is 1. The summed E-state index contributed by atoms with van der Waals surface area (Å²) in [5.41, 5.74) is 6.01. The van der Waals surface area contributed by atoms with Gasteiger partial charge in [0.25, 0.3) is 0 Å². The predicted octanol–water partition coefficient (Wildman–Crippen LogP) is 2.64. The van der Waals surface area contributed by atoms with Crippen LogP contribution in [0.2, 0.25) is 5.02 Å². The van der Waals surface area contributed by atoms with Crippen LogP contribution in [0.3, 0.4) is 0 Å². The quantitative estimate of drug-likeness (QED) is 0.896. The summed E-state index contributed by atoms with van der Waals surface area (Å²) in [6.45, 7) is 2.27. The van der Waals surface area contributed by atoms with E-state index >= 15 is 0 Å². The van der Waals surface area contributed by atoms with Crippen molar-refractivity contribution in [3.63, 3.8) is 0 Å². The number of rotatable bonds is 4. The summed E-state index contributed by atoms with van der Waals surface area (Å²) in [5, 5.41) is 3.73. The van der Waals surface area contributed by atoms with Gasteiger partial charge in [-0.3, -0.25) is 4.79 Å². The van der Waals surface area contributed by atoms with Crippen molar-refractivity contribution >= 4 is 39.1 Å². The number of primary amides is 1. The maximum absolute atomic E-state index is 10.8. The van der Waals surface area contributed by atoms with E-state index in [9.17, 15) is 4.79 Å². The summed E-state index contributed by atoms with van der Waals surface area (Å²) in [6.07, 6.45) is 0. The molecule has 1 amide bonds. The van der Waals surface area contributed by atoms with Crippen LogP contribution in [0.4, 0.5) is 5.69 Å². The van der Waals surface area contributed by atoms with Crippen LogP contribution in [0, 0.1) is 5.92 Å². The largest absolute Gasteiger partial charge is 0.383 e. The molecule has 0 fully saturated rings. The van der Waals surface area contributed by atoms with Gasteiger partial charge in [0.1, 0.15) is 0 Å². The molecule has 1 atom stereocenters. The van der Waals surface area contributed by atoms with Gasteiger partial charge in [-0.2, -0.15) is 0 Å². The highest BCUT2D eigenvalue weighted by atomic mass is 79.9. The number of hydrogen-bond donors (Lipinski definition) is 2. The molecule has 5 heteroatoms. The minimum Gasteiger partial charge on any atom is -0.383 e. The van der Waals surface area contributed by atoms with Crippen molar-refractivity contribution in [2.75, 3.05) is 11.9 Å². The summed E-state index contributed by atoms with van der Waals surface area (Å²) in [6, 6.07) is 5.50. The number of carbonyl (C=O) groups excluding carboxylic acids is 1. The van der Waals surface area contributed by atoms with E-state index in [4.69, 9.17) is 17.3 Å². The molecule has 1 aromatic carbocycles. The van der Waals surface area contributed by atoms with Crippen LogP contribution < -0.4 is 11.1 Å². The van der Waals surface area contributed by atoms with E-state index in [1.54, 1.807) is 13.0 Å². The van der Waals surface area contributed by atoms with Crippen molar-refractivity contribution in [2.45, 2.75) is 6.92 Å². The van der Waals surface area contributed by atoms with Crippen molar-refractivity contribution in [2.24, 2.45) is 11.7 Å². The molecular weight excluding hydrogens is 279 g/mol. The van der Waals surface area contributed by atoms with Crippen LogP contribution in [0.5, 0.6) is 0 Å². The van der Waals surface area contributed by atoms with Gasteiger partial charge in [-0.15, -0.1) is 0 Å². The molecule has 0 spiro atoms. The topological polar surface area (TPSA) is 55.1 Å². The molecule has 15 heavy (non-hydrogen) atoms. The molecular formula is C10H12BrClN2O. The van der Waals surface area contributed by atoms with Crippen molar-refractivity contribution in [1.82, 2.24) is 0 Å². The molecule has 0 aliphatic carbocycles. The lowest BCUT2D eigenvalue weighted by Gasteiger charge is -2.12. The molecule has 0 aliphatic heterocycles. The van der Waals surface area contributed by atoms with Gasteiger partial charge in [-0.05, 0) is 28.1 Å². The summed E-state index contributed by atoms with van der Waals surface area (Å²) >= 11 is 9.27. The molecule has 1 aromatic rings. The van der Waals surface area contributed by atoms with Crippen molar-refractivity contribution in [1.29, 1.82) is 0 Å². The van der Waals surface area contributed by atoms with E-state index in [-0.39, 0.29) is 11.8 Å². The van der Waals surface area contributed by atoms with Gasteiger partial charge in [-0.1, -0.05) is 24.6 Å². The normalized spacial score (nSPS) is 12.2. The van der Waals surface area contributed by atoms with Gasteiger partial charge in [0.2, 0.25) is 5.91 Å². The van der Waals surface area contributed by atoms with E-state index in [2.05, 4.69) is 21.2 Å². The first kappa shape index (κ1) is 12.3. The van der Waals surface area contributed by atoms with Crippen LogP contribution in [-0.2, 0) is 4.79 Å². The van der Waals surface area contributed by atoms with Crippen molar-refractivity contribution < 1.29 is 4.79 Å². The first-order valence-corrected chi connectivity index (χ1v) is 5.66. The molecule has 82 valence electrons. The lowest BCUT2D eigenvalue weighted by atomic mass is 10.1. The molecule has 0 saturated carbocycles. The Morgan fingerprint density at radius 3 is 2.93 bits per heavy atom. The average Bonchev–Trinajstić information content (AvgIpc) is 2.19. The molecule has 3 N–H and O–H groups in total. The molecule has 1 unspecified atom stereocenters. The second-order valence-electron chi connectivity index (χ2n) is 3.29. The van der Waals surface area contributed by atoms with Crippen molar-refractivity contribution in [3.8, 4) is 0 Å². The molecule has 0 aromatic heterocycles. The van der Waals surface area contributed by atoms with Crippen LogP contribution in [-0.4, -0.2) is 12.5 Å². The second-order valence-corrected chi connectivity index (χ2v) is 4.49. The predicted molar refractivity (Wildman–Crippen MR) is 66.0 cm³/mol. The van der Waals surface area contributed by atoms with Gasteiger partial charge in [0.05, 0.1) is 15.4 Å². The lowest BCUT2D eigenvalue weighted by Crippen LogP contribution is -2.26. The van der Waals surface area contributed by atoms with Crippen LogP contribution in [0.1, 0.15) is 6.92 Å². The Hall–Kier alpha value is -0.740. The third-order valence-corrected chi connectivity index (χ3v) is 3.43. The maximum Gasteiger partial charge on any atom is 0.222 e. The lowest BCUT2D eigenvalue weighted by molar-refractivity contribution is -0.120. The fourth-order valence-corrected chi connectivity index (χ4v) is 1.58. The van der Waals surface area contributed by atoms with Crippen LogP contribution in [0.15, 0.2) is 22.7 Å². The molecule has 3 nitrogen and oxygen atoms in total. The number of nitrogens with two attached hydrogens (primary N) is 1. The molecule has 0 bridgehead atoms. The molecule has 1 rings (SSSR count). The third-order valence-electron chi connectivity index (χ3n) is 2.04. The van der Waals surface area contributed by atoms with E-state index < -0.39 is 0 Å². The van der Waals surface area contributed by atoms with Gasteiger partial charge >= 0.3 is 0 Å². The number of nitrogens with one attached hydrogen (secondary N) is 1. The Kier molecular flexibility index (Phi) is 4.42. The zero-order chi connectivity index (χ0) is 11.4. The Morgan fingerprint density at radius 1 is 1.67 bits per heavy atom. The SMILES string of the molecule is CC(CNc1cccc(Cl)c1Br)C(N)=O. The van der Waals surface area contributed by atoms with Gasteiger partial charge < -0.3 is 11.1 Å². The fraction of sp³-hybridized carbons (Fsp3) is 0.300. The summed E-state index contributed by atoms with van der Waals surface area (Å²) in [4.78, 5) is 10.8. The summed E-state index contributed by atoms with van der Waals surface area (Å²) in [5.74, 6) is -0.531. The molecule has 0 heterocycles. The smallest absolute Gasteiger partial charge is 0.222 e. The van der Waals surface area contributed by atoms with Crippen LogP contribution in [0.25, 0.3) is 0 Å². The third kappa shape index (κ3) is 3.39. The molecule has 0 aliphatic rings. The van der Waals surface area contributed by atoms with Gasteiger partial charge in [-0.25, -0.2) is 0 Å². The number of carbonyl (C=O) groups is 1. The second kappa shape index (κ2) is 5.37. The Balaban J connectivity index is 2.66. The van der Waals surface area contributed by atoms with E-state index in [1.807, 2.05) is 12.1 Å². The zero-order valence-corrected chi connectivity index (χ0v) is 10.6. The summed E-state index contributed by atoms with van der Waals surface area (Å²) < 4.78 is 0.795. The number of anilines is 1. The zero-order valence-electron chi connectivity index (χ0n) is 8.26. The molecule has 0 saturated heterocycles. The minimum absolute atomic E-state index is 0.212. The highest BCUT2D eigenvalue weighted by Gasteiger charge is 2.09. The van der Waals surface area contributed by atoms with Crippen LogP contribution >= 0.6 is 27.5 Å². The van der Waals surface area contributed by atoms with E-state index in [1.165, 1.54) is 0 Å². The average molecular weight is 292 g/mol. The maximum atomic E-state index is 10.8. The van der Waals surface area contributed by atoms with E-state index in [0.29, 0.717) is 11.6 Å². The summed E-state index contributed by atoms with van der Waals surface area (Å²) in [7, 11) is 0. The fourth-order valence-electron chi connectivity index (χ4n) is 1.00. The Morgan fingerprint density at radius 2 is 2.33 bits per heavy atom. The molecule has 0 radical (unpaired) electrons. The highest BCUT2D eigenvalue weighted by Crippen LogP contribution is 2.29. The van der Waals surface area contributed by atoms with E-state index in [0.717, 1.165) is 10.2 Å². The van der Waals surface area contributed by atoms with Gasteiger partial charge in [0.15, 0.2) is 0 Å². The number of amides is 1. The van der Waals surface area contributed by atoms with Crippen molar-refractivity contribution in [3.05, 3.63) is 27.7 Å². The van der Waals surface area contributed by atoms with Gasteiger partial charge in [0, 0.05) is 12.2 Å². The minimum atomic E-state index is -0.319. The Bertz CT molecular complexity index is 370. The first-order valence-electron chi connectivity index (χ1n) is 4.49.